The predicted octanol–water partition coefficient (Wildman–Crippen LogP) is 3.66. The first-order valence-corrected chi connectivity index (χ1v) is 9.30. The number of anilines is 1. The van der Waals surface area contributed by atoms with Crippen molar-refractivity contribution in [2.24, 2.45) is 0 Å². The molecule has 130 valence electrons. The predicted molar refractivity (Wildman–Crippen MR) is 95.9 cm³/mol. The number of piperidine rings is 1. The summed E-state index contributed by atoms with van der Waals surface area (Å²) in [5.74, 6) is -0.221. The molecule has 1 saturated heterocycles. The van der Waals surface area contributed by atoms with E-state index in [4.69, 9.17) is 0 Å². The van der Waals surface area contributed by atoms with Crippen LogP contribution in [0.1, 0.15) is 49.3 Å². The first-order chi connectivity index (χ1) is 11.5. The fraction of sp³-hybridized carbons (Fsp3) is 0.500. The van der Waals surface area contributed by atoms with Gasteiger partial charge in [-0.3, -0.25) is 0 Å². The minimum absolute atomic E-state index is 0.00134. The van der Waals surface area contributed by atoms with Crippen molar-refractivity contribution in [2.45, 2.75) is 44.9 Å². The Kier molecular flexibility index (Phi) is 5.48. The van der Waals surface area contributed by atoms with Crippen molar-refractivity contribution in [1.82, 2.24) is 10.3 Å². The van der Waals surface area contributed by atoms with Crippen LogP contribution in [0.25, 0.3) is 0 Å². The van der Waals surface area contributed by atoms with Crippen molar-refractivity contribution in [3.05, 3.63) is 46.2 Å². The van der Waals surface area contributed by atoms with Crippen molar-refractivity contribution in [2.75, 3.05) is 18.0 Å². The van der Waals surface area contributed by atoms with Gasteiger partial charge in [-0.05, 0) is 50.5 Å². The Labute approximate surface area is 146 Å². The van der Waals surface area contributed by atoms with Crippen LogP contribution >= 0.6 is 11.3 Å². The number of aliphatic hydroxyl groups is 1. The molecule has 2 N–H and O–H groups in total. The molecule has 2 heterocycles. The molecule has 1 fully saturated rings. The van der Waals surface area contributed by atoms with E-state index in [0.29, 0.717) is 0 Å². The van der Waals surface area contributed by atoms with Gasteiger partial charge < -0.3 is 15.3 Å². The average Bonchev–Trinajstić information content (AvgIpc) is 3.10. The zero-order valence-corrected chi connectivity index (χ0v) is 14.9. The molecule has 0 amide bonds. The molecule has 1 aliphatic rings. The normalized spacial score (nSPS) is 18.6. The van der Waals surface area contributed by atoms with Gasteiger partial charge in [0.25, 0.3) is 0 Å². The number of thiazole rings is 1. The van der Waals surface area contributed by atoms with Gasteiger partial charge in [0.2, 0.25) is 0 Å². The summed E-state index contributed by atoms with van der Waals surface area (Å²) >= 11 is 1.62. The molecule has 24 heavy (non-hydrogen) atoms. The van der Waals surface area contributed by atoms with E-state index in [1.165, 1.54) is 6.07 Å². The van der Waals surface area contributed by atoms with Gasteiger partial charge in [0.05, 0.1) is 12.1 Å². The molecule has 0 spiro atoms. The lowest BCUT2D eigenvalue weighted by molar-refractivity contribution is 0.145. The van der Waals surface area contributed by atoms with E-state index >= 15 is 0 Å². The van der Waals surface area contributed by atoms with Gasteiger partial charge >= 0.3 is 0 Å². The number of hydrogen-bond donors (Lipinski definition) is 2. The third kappa shape index (κ3) is 3.94. The highest BCUT2D eigenvalue weighted by Gasteiger charge is 2.22. The summed E-state index contributed by atoms with van der Waals surface area (Å²) in [6.45, 7) is 5.73. The highest BCUT2D eigenvalue weighted by atomic mass is 32.1. The number of hydrogen-bond acceptors (Lipinski definition) is 5. The van der Waals surface area contributed by atoms with Gasteiger partial charge in [0.1, 0.15) is 10.8 Å². The van der Waals surface area contributed by atoms with Gasteiger partial charge in [-0.2, -0.15) is 0 Å². The molecular weight excluding hydrogens is 325 g/mol. The molecule has 1 aliphatic heterocycles. The summed E-state index contributed by atoms with van der Waals surface area (Å²) in [6, 6.07) is 5.10. The number of halogens is 1. The summed E-state index contributed by atoms with van der Waals surface area (Å²) in [7, 11) is 0. The number of aliphatic hydroxyl groups excluding tert-OH is 1. The molecular formula is C18H24FN3OS. The second-order valence-corrected chi connectivity index (χ2v) is 7.33. The Hall–Kier alpha value is -1.50. The maximum Gasteiger partial charge on any atom is 0.123 e. The quantitative estimate of drug-likeness (QED) is 0.865. The molecule has 6 heteroatoms. The van der Waals surface area contributed by atoms with Gasteiger partial charge in [0.15, 0.2) is 0 Å². The molecule has 0 aliphatic carbocycles. The topological polar surface area (TPSA) is 48.4 Å². The summed E-state index contributed by atoms with van der Waals surface area (Å²) < 4.78 is 13.9. The Morgan fingerprint density at radius 1 is 1.29 bits per heavy atom. The van der Waals surface area contributed by atoms with Crippen LogP contribution in [0.5, 0.6) is 0 Å². The smallest absolute Gasteiger partial charge is 0.123 e. The third-order valence-electron chi connectivity index (χ3n) is 4.58. The number of aromatic nitrogens is 1. The SMILES string of the molecule is CC(NC(C)c1cc(F)ccc1N1CCC(O)CC1)c1nccs1. The fourth-order valence-corrected chi connectivity index (χ4v) is 3.91. The highest BCUT2D eigenvalue weighted by molar-refractivity contribution is 7.09. The van der Waals surface area contributed by atoms with Crippen molar-refractivity contribution >= 4 is 17.0 Å². The van der Waals surface area contributed by atoms with Crippen LogP contribution in [0, 0.1) is 5.82 Å². The van der Waals surface area contributed by atoms with Gasteiger partial charge in [-0.15, -0.1) is 11.3 Å². The molecule has 3 rings (SSSR count). The van der Waals surface area contributed by atoms with Crippen molar-refractivity contribution in [3.63, 3.8) is 0 Å². The van der Waals surface area contributed by atoms with Gasteiger partial charge in [-0.1, -0.05) is 0 Å². The minimum Gasteiger partial charge on any atom is -0.393 e. The lowest BCUT2D eigenvalue weighted by Crippen LogP contribution is -2.37. The maximum absolute atomic E-state index is 13.9. The molecule has 2 unspecified atom stereocenters. The van der Waals surface area contributed by atoms with Crippen molar-refractivity contribution in [1.29, 1.82) is 0 Å². The number of rotatable bonds is 5. The monoisotopic (exact) mass is 349 g/mol. The van der Waals surface area contributed by atoms with E-state index < -0.39 is 0 Å². The second kappa shape index (κ2) is 7.59. The molecule has 2 atom stereocenters. The number of benzene rings is 1. The Balaban J connectivity index is 1.79. The van der Waals surface area contributed by atoms with Crippen LogP contribution < -0.4 is 10.2 Å². The van der Waals surface area contributed by atoms with Gasteiger partial charge in [0, 0.05) is 36.4 Å². The Morgan fingerprint density at radius 3 is 2.71 bits per heavy atom. The second-order valence-electron chi connectivity index (χ2n) is 6.40. The molecule has 0 bridgehead atoms. The van der Waals surface area contributed by atoms with Crippen molar-refractivity contribution in [3.8, 4) is 0 Å². The van der Waals surface area contributed by atoms with E-state index in [2.05, 4.69) is 29.0 Å². The summed E-state index contributed by atoms with van der Waals surface area (Å²) in [4.78, 5) is 6.59. The van der Waals surface area contributed by atoms with Crippen LogP contribution in [0.2, 0.25) is 0 Å². The first-order valence-electron chi connectivity index (χ1n) is 8.42. The van der Waals surface area contributed by atoms with Gasteiger partial charge in [-0.25, -0.2) is 9.37 Å². The van der Waals surface area contributed by atoms with E-state index in [1.807, 2.05) is 11.4 Å². The molecule has 4 nitrogen and oxygen atoms in total. The summed E-state index contributed by atoms with van der Waals surface area (Å²) in [5, 5.41) is 16.2. The van der Waals surface area contributed by atoms with Crippen LogP contribution in [-0.2, 0) is 0 Å². The molecule has 1 aromatic heterocycles. The molecule has 2 aromatic rings. The highest BCUT2D eigenvalue weighted by Crippen LogP contribution is 2.31. The summed E-state index contributed by atoms with van der Waals surface area (Å²) in [6.07, 6.45) is 3.10. The van der Waals surface area contributed by atoms with E-state index in [1.54, 1.807) is 23.6 Å². The Bertz CT molecular complexity index is 656. The van der Waals surface area contributed by atoms with E-state index in [0.717, 1.165) is 42.2 Å². The van der Waals surface area contributed by atoms with E-state index in [9.17, 15) is 9.50 Å². The summed E-state index contributed by atoms with van der Waals surface area (Å²) in [5.41, 5.74) is 2.00. The zero-order valence-electron chi connectivity index (χ0n) is 14.1. The lowest BCUT2D eigenvalue weighted by atomic mass is 10.0. The van der Waals surface area contributed by atoms with Crippen LogP contribution in [0.4, 0.5) is 10.1 Å². The zero-order chi connectivity index (χ0) is 17.1. The minimum atomic E-state index is -0.221. The van der Waals surface area contributed by atoms with Crippen LogP contribution in [0.15, 0.2) is 29.8 Å². The number of nitrogens with zero attached hydrogens (tertiary/aromatic N) is 2. The number of nitrogens with one attached hydrogen (secondary N) is 1. The molecule has 0 saturated carbocycles. The Morgan fingerprint density at radius 2 is 2.04 bits per heavy atom. The van der Waals surface area contributed by atoms with E-state index in [-0.39, 0.29) is 24.0 Å². The third-order valence-corrected chi connectivity index (χ3v) is 5.54. The largest absolute Gasteiger partial charge is 0.393 e. The standard InChI is InChI=1S/C18H24FN3OS/c1-12(21-13(2)18-20-7-10-24-18)16-11-14(19)3-4-17(16)22-8-5-15(23)6-9-22/h3-4,7,10-13,15,21,23H,5-6,8-9H2,1-2H3. The maximum atomic E-state index is 13.9. The fourth-order valence-electron chi connectivity index (χ4n) is 3.25. The molecule has 0 radical (unpaired) electrons. The van der Waals surface area contributed by atoms with Crippen LogP contribution in [0.3, 0.4) is 0 Å². The lowest BCUT2D eigenvalue weighted by Gasteiger charge is -2.34. The van der Waals surface area contributed by atoms with Crippen molar-refractivity contribution < 1.29 is 9.50 Å². The first kappa shape index (κ1) is 17.3. The average molecular weight is 349 g/mol. The molecule has 1 aromatic carbocycles. The van der Waals surface area contributed by atoms with Crippen LogP contribution in [-0.4, -0.2) is 29.3 Å².